The minimum absolute atomic E-state index is 0.249. The predicted molar refractivity (Wildman–Crippen MR) is 59.7 cm³/mol. The number of nitrogens with zero attached hydrogens (tertiary/aromatic N) is 1. The predicted octanol–water partition coefficient (Wildman–Crippen LogP) is 2.63. The summed E-state index contributed by atoms with van der Waals surface area (Å²) in [5, 5.41) is 0.270. The molecule has 0 radical (unpaired) electrons. The molecule has 4 nitrogen and oxygen atoms in total. The summed E-state index contributed by atoms with van der Waals surface area (Å²) >= 11 is 5.71. The van der Waals surface area contributed by atoms with E-state index in [9.17, 15) is 4.57 Å². The Bertz CT molecular complexity index is 362. The average molecular weight is 250 g/mol. The Morgan fingerprint density at radius 2 is 1.93 bits per heavy atom. The van der Waals surface area contributed by atoms with Gasteiger partial charge in [-0.25, -0.2) is 4.98 Å². The van der Waals surface area contributed by atoms with Gasteiger partial charge < -0.3 is 9.05 Å². The summed E-state index contributed by atoms with van der Waals surface area (Å²) in [6.45, 7) is 4.09. The first kappa shape index (κ1) is 12.7. The third kappa shape index (κ3) is 3.28. The summed E-state index contributed by atoms with van der Waals surface area (Å²) in [5.74, 6) is 0. The zero-order valence-electron chi connectivity index (χ0n) is 8.64. The van der Waals surface area contributed by atoms with Gasteiger partial charge in [-0.2, -0.15) is 0 Å². The van der Waals surface area contributed by atoms with Crippen LogP contribution in [0, 0.1) is 0 Å². The lowest BCUT2D eigenvalue weighted by molar-refractivity contribution is 0.229. The number of hydrogen-bond donors (Lipinski definition) is 0. The summed E-state index contributed by atoms with van der Waals surface area (Å²) in [6.07, 6.45) is 0. The highest BCUT2D eigenvalue weighted by Gasteiger charge is 2.28. The molecule has 1 heterocycles. The van der Waals surface area contributed by atoms with Crippen LogP contribution in [0.3, 0.4) is 0 Å². The van der Waals surface area contributed by atoms with Crippen molar-refractivity contribution < 1.29 is 13.6 Å². The highest BCUT2D eigenvalue weighted by molar-refractivity contribution is 7.61. The van der Waals surface area contributed by atoms with Gasteiger partial charge in [-0.05, 0) is 26.0 Å². The van der Waals surface area contributed by atoms with Crippen molar-refractivity contribution in [2.75, 3.05) is 13.2 Å². The zero-order chi connectivity index (χ0) is 11.3. The van der Waals surface area contributed by atoms with E-state index >= 15 is 0 Å². The van der Waals surface area contributed by atoms with Crippen molar-refractivity contribution in [3.8, 4) is 0 Å². The van der Waals surface area contributed by atoms with Crippen LogP contribution in [0.1, 0.15) is 13.8 Å². The molecule has 0 N–H and O–H groups in total. The maximum absolute atomic E-state index is 12.2. The van der Waals surface area contributed by atoms with Gasteiger partial charge in [0.1, 0.15) is 5.15 Å². The lowest BCUT2D eigenvalue weighted by Gasteiger charge is -2.15. The van der Waals surface area contributed by atoms with E-state index in [4.69, 9.17) is 20.6 Å². The molecule has 0 bridgehead atoms. The standard InChI is InChI=1S/C9H13ClNO3P/c1-3-13-15(12,14-4-2)9-7-5-6-8(10)11-9/h5-7H,3-4H2,1-2H3. The third-order valence-corrected chi connectivity index (χ3v) is 3.80. The second-order valence-corrected chi connectivity index (χ2v) is 5.01. The van der Waals surface area contributed by atoms with Gasteiger partial charge in [0.05, 0.1) is 13.2 Å². The van der Waals surface area contributed by atoms with Gasteiger partial charge in [-0.3, -0.25) is 4.57 Å². The van der Waals surface area contributed by atoms with Crippen LogP contribution in [-0.2, 0) is 13.6 Å². The molecule has 1 aromatic heterocycles. The van der Waals surface area contributed by atoms with E-state index in [1.54, 1.807) is 32.0 Å². The fourth-order valence-electron chi connectivity index (χ4n) is 1.06. The molecule has 0 saturated heterocycles. The monoisotopic (exact) mass is 249 g/mol. The van der Waals surface area contributed by atoms with Gasteiger partial charge in [0, 0.05) is 0 Å². The second-order valence-electron chi connectivity index (χ2n) is 2.65. The molecule has 0 aliphatic heterocycles. The van der Waals surface area contributed by atoms with E-state index in [1.807, 2.05) is 0 Å². The molecule has 0 atom stereocenters. The molecule has 15 heavy (non-hydrogen) atoms. The van der Waals surface area contributed by atoms with Crippen LogP contribution in [0.4, 0.5) is 0 Å². The highest BCUT2D eigenvalue weighted by Crippen LogP contribution is 2.46. The Morgan fingerprint density at radius 1 is 1.33 bits per heavy atom. The second kappa shape index (κ2) is 5.61. The molecule has 0 aliphatic carbocycles. The van der Waals surface area contributed by atoms with E-state index in [2.05, 4.69) is 4.98 Å². The van der Waals surface area contributed by atoms with E-state index in [0.29, 0.717) is 13.2 Å². The van der Waals surface area contributed by atoms with E-state index in [-0.39, 0.29) is 10.6 Å². The lowest BCUT2D eigenvalue weighted by Crippen LogP contribution is -2.14. The number of pyridine rings is 1. The van der Waals surface area contributed by atoms with Gasteiger partial charge in [-0.15, -0.1) is 0 Å². The minimum atomic E-state index is -3.29. The SMILES string of the molecule is CCOP(=O)(OCC)c1cccc(Cl)n1. The summed E-state index contributed by atoms with van der Waals surface area (Å²) in [4.78, 5) is 3.93. The molecule has 0 amide bonds. The van der Waals surface area contributed by atoms with E-state index in [1.165, 1.54) is 0 Å². The van der Waals surface area contributed by atoms with Crippen molar-refractivity contribution in [1.82, 2.24) is 4.98 Å². The first-order valence-electron chi connectivity index (χ1n) is 4.64. The molecule has 0 aliphatic rings. The third-order valence-electron chi connectivity index (χ3n) is 1.58. The van der Waals surface area contributed by atoms with E-state index < -0.39 is 7.60 Å². The van der Waals surface area contributed by atoms with Gasteiger partial charge in [0.25, 0.3) is 0 Å². The van der Waals surface area contributed by atoms with Gasteiger partial charge in [0.2, 0.25) is 0 Å². The van der Waals surface area contributed by atoms with Crippen LogP contribution >= 0.6 is 19.2 Å². The quantitative estimate of drug-likeness (QED) is 0.595. The average Bonchev–Trinajstić information content (AvgIpc) is 2.18. The van der Waals surface area contributed by atoms with Crippen LogP contribution in [0.25, 0.3) is 0 Å². The number of rotatable bonds is 5. The van der Waals surface area contributed by atoms with Gasteiger partial charge >= 0.3 is 7.60 Å². The molecule has 0 unspecified atom stereocenters. The van der Waals surface area contributed by atoms with Crippen molar-refractivity contribution in [3.63, 3.8) is 0 Å². The van der Waals surface area contributed by atoms with Crippen LogP contribution in [0.2, 0.25) is 5.15 Å². The number of aromatic nitrogens is 1. The Hall–Kier alpha value is -0.410. The van der Waals surface area contributed by atoms with E-state index in [0.717, 1.165) is 0 Å². The normalized spacial score (nSPS) is 11.7. The van der Waals surface area contributed by atoms with Crippen molar-refractivity contribution in [3.05, 3.63) is 23.4 Å². The smallest absolute Gasteiger partial charge is 0.304 e. The largest absolute Gasteiger partial charge is 0.379 e. The molecule has 0 fully saturated rings. The maximum Gasteiger partial charge on any atom is 0.379 e. The molecule has 1 rings (SSSR count). The van der Waals surface area contributed by atoms with Crippen LogP contribution in [-0.4, -0.2) is 18.2 Å². The van der Waals surface area contributed by atoms with Crippen molar-refractivity contribution in [2.24, 2.45) is 0 Å². The molecule has 0 aromatic carbocycles. The van der Waals surface area contributed by atoms with Crippen LogP contribution in [0.5, 0.6) is 0 Å². The molecule has 0 spiro atoms. The first-order valence-corrected chi connectivity index (χ1v) is 6.56. The molecular weight excluding hydrogens is 237 g/mol. The summed E-state index contributed by atoms with van der Waals surface area (Å²) in [5.41, 5.74) is 0.249. The topological polar surface area (TPSA) is 48.4 Å². The Kier molecular flexibility index (Phi) is 4.74. The lowest BCUT2D eigenvalue weighted by atomic mass is 10.5. The Morgan fingerprint density at radius 3 is 2.40 bits per heavy atom. The summed E-state index contributed by atoms with van der Waals surface area (Å²) in [6, 6.07) is 4.85. The first-order chi connectivity index (χ1) is 7.12. The molecule has 1 aromatic rings. The van der Waals surface area contributed by atoms with Crippen molar-refractivity contribution in [1.29, 1.82) is 0 Å². The molecular formula is C9H13ClNO3P. The van der Waals surface area contributed by atoms with Crippen LogP contribution < -0.4 is 5.44 Å². The van der Waals surface area contributed by atoms with Crippen LogP contribution in [0.15, 0.2) is 18.2 Å². The maximum atomic E-state index is 12.2. The fourth-order valence-corrected chi connectivity index (χ4v) is 2.80. The summed E-state index contributed by atoms with van der Waals surface area (Å²) in [7, 11) is -3.29. The minimum Gasteiger partial charge on any atom is -0.304 e. The van der Waals surface area contributed by atoms with Gasteiger partial charge in [-0.1, -0.05) is 17.7 Å². The zero-order valence-corrected chi connectivity index (χ0v) is 10.3. The molecule has 0 saturated carbocycles. The van der Waals surface area contributed by atoms with Crippen molar-refractivity contribution in [2.45, 2.75) is 13.8 Å². The molecule has 6 heteroatoms. The Balaban J connectivity index is 3.03. The molecule has 84 valence electrons. The highest BCUT2D eigenvalue weighted by atomic mass is 35.5. The van der Waals surface area contributed by atoms with Crippen molar-refractivity contribution >= 4 is 24.6 Å². The van der Waals surface area contributed by atoms with Gasteiger partial charge in [0.15, 0.2) is 5.44 Å². The number of hydrogen-bond acceptors (Lipinski definition) is 4. The Labute approximate surface area is 94.1 Å². The number of halogens is 1. The fraction of sp³-hybridized carbons (Fsp3) is 0.444. The summed E-state index contributed by atoms with van der Waals surface area (Å²) < 4.78 is 22.4.